The first-order valence-electron chi connectivity index (χ1n) is 5.65. The van der Waals surface area contributed by atoms with E-state index in [0.717, 1.165) is 5.56 Å². The van der Waals surface area contributed by atoms with Crippen LogP contribution >= 0.6 is 0 Å². The number of fused-ring (bicyclic) bond motifs is 1. The molecule has 6 heteroatoms. The monoisotopic (exact) mass is 251 g/mol. The molecule has 0 aliphatic heterocycles. The SMILES string of the molecule is N#Cc1ccc(Cn2cnc(=O)c3[nH]cnc32)cc1. The van der Waals surface area contributed by atoms with Gasteiger partial charge in [-0.3, -0.25) is 4.79 Å². The Morgan fingerprint density at radius 2 is 2.05 bits per heavy atom. The van der Waals surface area contributed by atoms with Gasteiger partial charge in [0.1, 0.15) is 6.33 Å². The molecule has 0 radical (unpaired) electrons. The second kappa shape index (κ2) is 4.38. The summed E-state index contributed by atoms with van der Waals surface area (Å²) in [5.41, 5.74) is 2.28. The minimum absolute atomic E-state index is 0.316. The molecule has 2 heterocycles. The summed E-state index contributed by atoms with van der Waals surface area (Å²) in [7, 11) is 0. The number of nitriles is 1. The number of aromatic nitrogens is 4. The maximum absolute atomic E-state index is 11.5. The molecule has 0 spiro atoms. The number of rotatable bonds is 2. The fourth-order valence-electron chi connectivity index (χ4n) is 1.90. The van der Waals surface area contributed by atoms with Crippen molar-refractivity contribution in [2.24, 2.45) is 0 Å². The molecule has 0 amide bonds. The molecular formula is C13H9N5O. The third-order valence-electron chi connectivity index (χ3n) is 2.86. The average Bonchev–Trinajstić information content (AvgIpc) is 2.93. The van der Waals surface area contributed by atoms with E-state index in [1.54, 1.807) is 16.7 Å². The summed E-state index contributed by atoms with van der Waals surface area (Å²) in [6, 6.07) is 9.33. The van der Waals surface area contributed by atoms with E-state index < -0.39 is 0 Å². The van der Waals surface area contributed by atoms with Gasteiger partial charge in [-0.05, 0) is 17.7 Å². The Labute approximate surface area is 108 Å². The van der Waals surface area contributed by atoms with Crippen LogP contribution in [0.3, 0.4) is 0 Å². The van der Waals surface area contributed by atoms with Gasteiger partial charge in [-0.15, -0.1) is 0 Å². The predicted octanol–water partition coefficient (Wildman–Crippen LogP) is 1.04. The van der Waals surface area contributed by atoms with E-state index >= 15 is 0 Å². The third kappa shape index (κ3) is 1.98. The smallest absolute Gasteiger partial charge is 0.298 e. The molecule has 0 fully saturated rings. The number of aromatic amines is 1. The molecule has 92 valence electrons. The zero-order chi connectivity index (χ0) is 13.2. The summed E-state index contributed by atoms with van der Waals surface area (Å²) >= 11 is 0. The summed E-state index contributed by atoms with van der Waals surface area (Å²) in [6.45, 7) is 0.542. The lowest BCUT2D eigenvalue weighted by atomic mass is 10.1. The highest BCUT2D eigenvalue weighted by Crippen LogP contribution is 2.09. The first-order chi connectivity index (χ1) is 9.28. The van der Waals surface area contributed by atoms with Crippen molar-refractivity contribution in [3.63, 3.8) is 0 Å². The summed E-state index contributed by atoms with van der Waals surface area (Å²) in [5.74, 6) is 0. The number of imidazole rings is 1. The molecule has 0 atom stereocenters. The van der Waals surface area contributed by atoms with Gasteiger partial charge in [-0.2, -0.15) is 10.2 Å². The fourth-order valence-corrected chi connectivity index (χ4v) is 1.90. The highest BCUT2D eigenvalue weighted by molar-refractivity contribution is 5.68. The van der Waals surface area contributed by atoms with Crippen molar-refractivity contribution in [1.29, 1.82) is 5.26 Å². The highest BCUT2D eigenvalue weighted by Gasteiger charge is 2.06. The van der Waals surface area contributed by atoms with Gasteiger partial charge in [0.2, 0.25) is 0 Å². The molecule has 2 aromatic heterocycles. The molecule has 0 unspecified atom stereocenters. The second-order valence-electron chi connectivity index (χ2n) is 4.09. The first kappa shape index (κ1) is 11.2. The van der Waals surface area contributed by atoms with E-state index in [2.05, 4.69) is 21.0 Å². The number of hydrogen-bond donors (Lipinski definition) is 1. The van der Waals surface area contributed by atoms with Crippen LogP contribution in [0.15, 0.2) is 41.7 Å². The Kier molecular flexibility index (Phi) is 2.58. The first-order valence-corrected chi connectivity index (χ1v) is 5.65. The van der Waals surface area contributed by atoms with Gasteiger partial charge in [-0.1, -0.05) is 12.1 Å². The number of nitrogens with zero attached hydrogens (tertiary/aromatic N) is 4. The zero-order valence-corrected chi connectivity index (χ0v) is 9.87. The van der Waals surface area contributed by atoms with E-state index in [0.29, 0.717) is 23.3 Å². The van der Waals surface area contributed by atoms with Crippen molar-refractivity contribution >= 4 is 11.2 Å². The van der Waals surface area contributed by atoms with E-state index in [1.807, 2.05) is 12.1 Å². The summed E-state index contributed by atoms with van der Waals surface area (Å²) in [4.78, 5) is 22.2. The summed E-state index contributed by atoms with van der Waals surface area (Å²) < 4.78 is 1.79. The van der Waals surface area contributed by atoms with Gasteiger partial charge in [-0.25, -0.2) is 4.98 Å². The van der Waals surface area contributed by atoms with E-state index in [-0.39, 0.29) is 5.56 Å². The van der Waals surface area contributed by atoms with Crippen molar-refractivity contribution in [1.82, 2.24) is 19.5 Å². The van der Waals surface area contributed by atoms with Crippen molar-refractivity contribution < 1.29 is 0 Å². The van der Waals surface area contributed by atoms with Crippen LogP contribution in [-0.2, 0) is 6.54 Å². The number of hydrogen-bond acceptors (Lipinski definition) is 4. The number of H-pyrrole nitrogens is 1. The zero-order valence-electron chi connectivity index (χ0n) is 9.87. The quantitative estimate of drug-likeness (QED) is 0.737. The van der Waals surface area contributed by atoms with E-state index in [9.17, 15) is 4.79 Å². The molecule has 3 aromatic rings. The molecule has 0 saturated carbocycles. The molecule has 0 aliphatic carbocycles. The molecule has 6 nitrogen and oxygen atoms in total. The molecule has 1 N–H and O–H groups in total. The maximum Gasteiger partial charge on any atom is 0.298 e. The van der Waals surface area contributed by atoms with Gasteiger partial charge >= 0.3 is 0 Å². The van der Waals surface area contributed by atoms with Crippen LogP contribution in [0.2, 0.25) is 0 Å². The largest absolute Gasteiger partial charge is 0.339 e. The van der Waals surface area contributed by atoms with Crippen molar-refractivity contribution in [3.05, 3.63) is 58.4 Å². The minimum Gasteiger partial charge on any atom is -0.339 e. The second-order valence-corrected chi connectivity index (χ2v) is 4.09. The Morgan fingerprint density at radius 3 is 2.79 bits per heavy atom. The normalized spacial score (nSPS) is 10.5. The molecule has 0 aliphatic rings. The van der Waals surface area contributed by atoms with Gasteiger partial charge in [0.05, 0.1) is 24.5 Å². The molecule has 0 saturated heterocycles. The van der Waals surface area contributed by atoms with Crippen LogP contribution in [0.4, 0.5) is 0 Å². The lowest BCUT2D eigenvalue weighted by molar-refractivity contribution is 0.789. The maximum atomic E-state index is 11.5. The Bertz CT molecular complexity index is 823. The number of nitrogens with one attached hydrogen (secondary N) is 1. The van der Waals surface area contributed by atoms with Gasteiger partial charge < -0.3 is 9.55 Å². The van der Waals surface area contributed by atoms with Crippen LogP contribution in [0.25, 0.3) is 11.2 Å². The van der Waals surface area contributed by atoms with Crippen LogP contribution in [0.5, 0.6) is 0 Å². The fraction of sp³-hybridized carbons (Fsp3) is 0.0769. The van der Waals surface area contributed by atoms with Gasteiger partial charge in [0.15, 0.2) is 11.2 Å². The standard InChI is InChI=1S/C13H9N5O/c14-5-9-1-3-10(4-2-9)6-18-8-17-13(19)11-12(18)16-7-15-11/h1-4,7-8H,6H2,(H,15,16). The van der Waals surface area contributed by atoms with Crippen molar-refractivity contribution in [2.45, 2.75) is 6.54 Å². The molecule has 0 bridgehead atoms. The third-order valence-corrected chi connectivity index (χ3v) is 2.86. The molecule has 1 aromatic carbocycles. The van der Waals surface area contributed by atoms with Crippen LogP contribution in [0.1, 0.15) is 11.1 Å². The van der Waals surface area contributed by atoms with Crippen LogP contribution in [-0.4, -0.2) is 19.5 Å². The molecule has 19 heavy (non-hydrogen) atoms. The lowest BCUT2D eigenvalue weighted by Gasteiger charge is -2.06. The number of benzene rings is 1. The van der Waals surface area contributed by atoms with Crippen LogP contribution < -0.4 is 5.56 Å². The highest BCUT2D eigenvalue weighted by atomic mass is 16.1. The summed E-state index contributed by atoms with van der Waals surface area (Å²) in [5, 5.41) is 8.75. The Balaban J connectivity index is 2.01. The van der Waals surface area contributed by atoms with Crippen molar-refractivity contribution in [3.8, 4) is 6.07 Å². The van der Waals surface area contributed by atoms with Gasteiger partial charge in [0.25, 0.3) is 5.56 Å². The van der Waals surface area contributed by atoms with Crippen molar-refractivity contribution in [2.75, 3.05) is 0 Å². The van der Waals surface area contributed by atoms with Crippen LogP contribution in [0, 0.1) is 11.3 Å². The average molecular weight is 251 g/mol. The topological polar surface area (TPSA) is 87.4 Å². The van der Waals surface area contributed by atoms with E-state index in [4.69, 9.17) is 5.26 Å². The predicted molar refractivity (Wildman–Crippen MR) is 68.4 cm³/mol. The van der Waals surface area contributed by atoms with Gasteiger partial charge in [0, 0.05) is 0 Å². The molecular weight excluding hydrogens is 242 g/mol. The Hall–Kier alpha value is -2.94. The summed E-state index contributed by atoms with van der Waals surface area (Å²) in [6.07, 6.45) is 2.95. The van der Waals surface area contributed by atoms with E-state index in [1.165, 1.54) is 12.7 Å². The Morgan fingerprint density at radius 1 is 1.26 bits per heavy atom. The minimum atomic E-state index is -0.316. The molecule has 3 rings (SSSR count). The lowest BCUT2D eigenvalue weighted by Crippen LogP contribution is -2.13.